The largest absolute Gasteiger partial charge is 0.457 e. The highest BCUT2D eigenvalue weighted by Gasteiger charge is 2.31. The third kappa shape index (κ3) is 7.47. The summed E-state index contributed by atoms with van der Waals surface area (Å²) in [5.41, 5.74) is 0.940. The van der Waals surface area contributed by atoms with Crippen molar-refractivity contribution in [2.75, 3.05) is 24.2 Å². The van der Waals surface area contributed by atoms with E-state index in [4.69, 9.17) is 16.3 Å². The molecule has 0 unspecified atom stereocenters. The molecule has 37 heavy (non-hydrogen) atoms. The number of anilines is 1. The van der Waals surface area contributed by atoms with Gasteiger partial charge in [-0.25, -0.2) is 8.42 Å². The standard InChI is InChI=1S/C27H30ClN3O5S/c1-4-25(27(33)29-2)30(18-20-10-8-9-13-24(20)28)26(32)19-31(37(3,34)35)21-14-16-23(17-15-21)36-22-11-6-5-7-12-22/h5-17,25H,4,18-19H2,1-3H3,(H,29,33)/t25-/m1/s1. The third-order valence-corrected chi connectivity index (χ3v) is 7.22. The van der Waals surface area contributed by atoms with E-state index in [1.54, 1.807) is 67.6 Å². The Morgan fingerprint density at radius 1 is 0.946 bits per heavy atom. The highest BCUT2D eigenvalue weighted by molar-refractivity contribution is 7.92. The van der Waals surface area contributed by atoms with Gasteiger partial charge in [-0.1, -0.05) is 54.9 Å². The van der Waals surface area contributed by atoms with E-state index in [1.165, 1.54) is 11.9 Å². The minimum Gasteiger partial charge on any atom is -0.457 e. The number of nitrogens with one attached hydrogen (secondary N) is 1. The molecule has 0 fully saturated rings. The van der Waals surface area contributed by atoms with Crippen molar-refractivity contribution < 1.29 is 22.7 Å². The normalized spacial score (nSPS) is 11.9. The van der Waals surface area contributed by atoms with Gasteiger partial charge >= 0.3 is 0 Å². The van der Waals surface area contributed by atoms with E-state index in [2.05, 4.69) is 5.32 Å². The topological polar surface area (TPSA) is 96.0 Å². The molecule has 0 aliphatic rings. The predicted molar refractivity (Wildman–Crippen MR) is 145 cm³/mol. The molecule has 0 aliphatic carbocycles. The summed E-state index contributed by atoms with van der Waals surface area (Å²) in [6.07, 6.45) is 1.36. The molecule has 0 saturated carbocycles. The van der Waals surface area contributed by atoms with Gasteiger partial charge in [-0.3, -0.25) is 13.9 Å². The first-order chi connectivity index (χ1) is 17.6. The Balaban J connectivity index is 1.89. The molecule has 8 nitrogen and oxygen atoms in total. The minimum absolute atomic E-state index is 0.0475. The van der Waals surface area contributed by atoms with E-state index >= 15 is 0 Å². The zero-order chi connectivity index (χ0) is 27.0. The molecule has 196 valence electrons. The van der Waals surface area contributed by atoms with E-state index in [0.29, 0.717) is 34.2 Å². The first kappa shape index (κ1) is 28.0. The van der Waals surface area contributed by atoms with Crippen LogP contribution in [-0.4, -0.2) is 51.0 Å². The van der Waals surface area contributed by atoms with Gasteiger partial charge in [0.15, 0.2) is 0 Å². The van der Waals surface area contributed by atoms with Gasteiger partial charge in [-0.05, 0) is 54.4 Å². The lowest BCUT2D eigenvalue weighted by Crippen LogP contribution is -2.51. The maximum Gasteiger partial charge on any atom is 0.244 e. The van der Waals surface area contributed by atoms with Crippen molar-refractivity contribution >= 4 is 39.1 Å². The fourth-order valence-corrected chi connectivity index (χ4v) is 4.86. The summed E-state index contributed by atoms with van der Waals surface area (Å²) in [7, 11) is -2.35. The maximum atomic E-state index is 13.6. The molecule has 0 heterocycles. The maximum absolute atomic E-state index is 13.6. The lowest BCUT2D eigenvalue weighted by atomic mass is 10.1. The Labute approximate surface area is 222 Å². The number of nitrogens with zero attached hydrogens (tertiary/aromatic N) is 2. The summed E-state index contributed by atoms with van der Waals surface area (Å²) >= 11 is 6.32. The van der Waals surface area contributed by atoms with Crippen molar-refractivity contribution in [2.45, 2.75) is 25.9 Å². The van der Waals surface area contributed by atoms with E-state index in [9.17, 15) is 18.0 Å². The van der Waals surface area contributed by atoms with Crippen molar-refractivity contribution in [3.05, 3.63) is 89.4 Å². The monoisotopic (exact) mass is 543 g/mol. The SMILES string of the molecule is CC[C@H](C(=O)NC)N(Cc1ccccc1Cl)C(=O)CN(c1ccc(Oc2ccccc2)cc1)S(C)(=O)=O. The molecule has 3 aromatic rings. The van der Waals surface area contributed by atoms with E-state index < -0.39 is 28.5 Å². The van der Waals surface area contributed by atoms with E-state index in [-0.39, 0.29) is 12.5 Å². The number of ether oxygens (including phenoxy) is 1. The fourth-order valence-electron chi connectivity index (χ4n) is 3.82. The van der Waals surface area contributed by atoms with E-state index in [0.717, 1.165) is 10.6 Å². The third-order valence-electron chi connectivity index (χ3n) is 5.71. The number of carbonyl (C=O) groups is 2. The lowest BCUT2D eigenvalue weighted by Gasteiger charge is -2.32. The number of sulfonamides is 1. The number of para-hydroxylation sites is 1. The second kappa shape index (κ2) is 12.6. The predicted octanol–water partition coefficient (Wildman–Crippen LogP) is 4.45. The van der Waals surface area contributed by atoms with Crippen LogP contribution in [0.5, 0.6) is 11.5 Å². The van der Waals surface area contributed by atoms with Gasteiger partial charge < -0.3 is 15.0 Å². The molecule has 0 aliphatic heterocycles. The molecule has 3 aromatic carbocycles. The van der Waals surface area contributed by atoms with Gasteiger partial charge in [0.25, 0.3) is 0 Å². The van der Waals surface area contributed by atoms with Crippen LogP contribution < -0.4 is 14.4 Å². The molecular weight excluding hydrogens is 514 g/mol. The van der Waals surface area contributed by atoms with Crippen LogP contribution in [0.15, 0.2) is 78.9 Å². The van der Waals surface area contributed by atoms with Crippen LogP contribution in [0, 0.1) is 0 Å². The highest BCUT2D eigenvalue weighted by Crippen LogP contribution is 2.26. The second-order valence-corrected chi connectivity index (χ2v) is 10.6. The van der Waals surface area contributed by atoms with Gasteiger partial charge in [-0.2, -0.15) is 0 Å². The number of halogens is 1. The number of hydrogen-bond donors (Lipinski definition) is 1. The number of likely N-dealkylation sites (N-methyl/N-ethyl adjacent to an activating group) is 1. The Morgan fingerprint density at radius 3 is 2.11 bits per heavy atom. The summed E-state index contributed by atoms with van der Waals surface area (Å²) in [6.45, 7) is 1.34. The zero-order valence-corrected chi connectivity index (χ0v) is 22.5. The number of carbonyl (C=O) groups excluding carboxylic acids is 2. The molecule has 3 rings (SSSR count). The lowest BCUT2D eigenvalue weighted by molar-refractivity contribution is -0.140. The first-order valence-electron chi connectivity index (χ1n) is 11.7. The Morgan fingerprint density at radius 2 is 1.54 bits per heavy atom. The van der Waals surface area contributed by atoms with Crippen LogP contribution in [0.4, 0.5) is 5.69 Å². The van der Waals surface area contributed by atoms with Crippen LogP contribution in [0.3, 0.4) is 0 Å². The van der Waals surface area contributed by atoms with Gasteiger partial charge in [0.05, 0.1) is 11.9 Å². The molecule has 0 spiro atoms. The van der Waals surface area contributed by atoms with Crippen LogP contribution in [0.2, 0.25) is 5.02 Å². The van der Waals surface area contributed by atoms with Gasteiger partial charge in [-0.15, -0.1) is 0 Å². The molecule has 10 heteroatoms. The molecule has 1 atom stereocenters. The van der Waals surface area contributed by atoms with Gasteiger partial charge in [0.1, 0.15) is 24.1 Å². The highest BCUT2D eigenvalue weighted by atomic mass is 35.5. The average Bonchev–Trinajstić information content (AvgIpc) is 2.88. The molecular formula is C27H30ClN3O5S. The van der Waals surface area contributed by atoms with Crippen molar-refractivity contribution in [1.82, 2.24) is 10.2 Å². The molecule has 2 amide bonds. The number of amides is 2. The van der Waals surface area contributed by atoms with E-state index in [1.807, 2.05) is 18.2 Å². The number of rotatable bonds is 11. The van der Waals surface area contributed by atoms with Crippen LogP contribution in [0.25, 0.3) is 0 Å². The van der Waals surface area contributed by atoms with Crippen LogP contribution >= 0.6 is 11.6 Å². The molecule has 0 saturated heterocycles. The van der Waals surface area contributed by atoms with Crippen LogP contribution in [-0.2, 0) is 26.2 Å². The summed E-state index contributed by atoms with van der Waals surface area (Å²) in [4.78, 5) is 27.6. The quantitative estimate of drug-likeness (QED) is 0.385. The average molecular weight is 544 g/mol. The molecule has 1 N–H and O–H groups in total. The van der Waals surface area contributed by atoms with Crippen molar-refractivity contribution in [2.24, 2.45) is 0 Å². The second-order valence-electron chi connectivity index (χ2n) is 8.33. The summed E-state index contributed by atoms with van der Waals surface area (Å²) in [6, 6.07) is 21.8. The summed E-state index contributed by atoms with van der Waals surface area (Å²) in [5.74, 6) is 0.266. The van der Waals surface area contributed by atoms with Crippen LogP contribution in [0.1, 0.15) is 18.9 Å². The first-order valence-corrected chi connectivity index (χ1v) is 13.9. The molecule has 0 aromatic heterocycles. The summed E-state index contributed by atoms with van der Waals surface area (Å²) < 4.78 is 32.3. The molecule has 0 bridgehead atoms. The smallest absolute Gasteiger partial charge is 0.244 e. The van der Waals surface area contributed by atoms with Crippen molar-refractivity contribution in [3.8, 4) is 11.5 Å². The van der Waals surface area contributed by atoms with Crippen molar-refractivity contribution in [3.63, 3.8) is 0 Å². The van der Waals surface area contributed by atoms with Crippen molar-refractivity contribution in [1.29, 1.82) is 0 Å². The Hall–Kier alpha value is -3.56. The van der Waals surface area contributed by atoms with Gasteiger partial charge in [0, 0.05) is 18.6 Å². The van der Waals surface area contributed by atoms with Gasteiger partial charge in [0.2, 0.25) is 21.8 Å². The minimum atomic E-state index is -3.84. The number of hydrogen-bond acceptors (Lipinski definition) is 5. The Bertz CT molecular complexity index is 1320. The summed E-state index contributed by atoms with van der Waals surface area (Å²) in [5, 5.41) is 3.03. The fraction of sp³-hybridized carbons (Fsp3) is 0.259. The Kier molecular flexibility index (Phi) is 9.54. The zero-order valence-electron chi connectivity index (χ0n) is 20.9. The number of benzene rings is 3. The molecule has 0 radical (unpaired) electrons.